The van der Waals surface area contributed by atoms with Gasteiger partial charge in [-0.15, -0.1) is 0 Å². The molecule has 156 valence electrons. The van der Waals surface area contributed by atoms with Crippen molar-refractivity contribution in [2.24, 2.45) is 5.10 Å². The first kappa shape index (κ1) is 20.4. The van der Waals surface area contributed by atoms with Crippen LogP contribution in [0.4, 0.5) is 0 Å². The third kappa shape index (κ3) is 4.46. The zero-order chi connectivity index (χ0) is 21.1. The van der Waals surface area contributed by atoms with E-state index in [4.69, 9.17) is 10.2 Å². The zero-order valence-electron chi connectivity index (χ0n) is 18.5. The average Bonchev–Trinajstić information content (AvgIpc) is 3.04. The van der Waals surface area contributed by atoms with E-state index >= 15 is 0 Å². The van der Waals surface area contributed by atoms with Crippen LogP contribution < -0.4 is 0 Å². The molecule has 0 unspecified atom stereocenters. The van der Waals surface area contributed by atoms with Gasteiger partial charge in [0.05, 0.1) is 23.3 Å². The molecule has 0 N–H and O–H groups in total. The fourth-order valence-corrected chi connectivity index (χ4v) is 4.08. The molecule has 3 aromatic rings. The maximum absolute atomic E-state index is 4.78. The van der Waals surface area contributed by atoms with E-state index in [2.05, 4.69) is 67.9 Å². The van der Waals surface area contributed by atoms with Crippen LogP contribution in [0.15, 0.2) is 53.6 Å². The van der Waals surface area contributed by atoms with Crippen molar-refractivity contribution < 1.29 is 0 Å². The van der Waals surface area contributed by atoms with E-state index in [-0.39, 0.29) is 0 Å². The summed E-state index contributed by atoms with van der Waals surface area (Å²) < 4.78 is 2.00. The first-order valence-corrected chi connectivity index (χ1v) is 10.7. The molecule has 2 heterocycles. The summed E-state index contributed by atoms with van der Waals surface area (Å²) in [5.74, 6) is 0. The molecule has 0 amide bonds. The Labute approximate surface area is 179 Å². The second-order valence-corrected chi connectivity index (χ2v) is 8.24. The van der Waals surface area contributed by atoms with Gasteiger partial charge in [-0.25, -0.2) is 4.68 Å². The van der Waals surface area contributed by atoms with Crippen LogP contribution in [0, 0.1) is 27.7 Å². The summed E-state index contributed by atoms with van der Waals surface area (Å²) in [7, 11) is 0. The van der Waals surface area contributed by atoms with E-state index in [0.29, 0.717) is 0 Å². The Bertz CT molecular complexity index is 1030. The zero-order valence-corrected chi connectivity index (χ0v) is 18.5. The van der Waals surface area contributed by atoms with E-state index in [9.17, 15) is 0 Å². The maximum Gasteiger partial charge on any atom is 0.0689 e. The normalized spacial score (nSPS) is 15.3. The Morgan fingerprint density at radius 1 is 0.933 bits per heavy atom. The number of para-hydroxylation sites is 1. The topological polar surface area (TPSA) is 36.7 Å². The van der Waals surface area contributed by atoms with Crippen LogP contribution in [0.1, 0.15) is 33.6 Å². The largest absolute Gasteiger partial charge is 0.295 e. The van der Waals surface area contributed by atoms with Crippen LogP contribution in [-0.4, -0.2) is 52.1 Å². The number of hydrazone groups is 1. The van der Waals surface area contributed by atoms with E-state index in [1.165, 1.54) is 16.7 Å². The van der Waals surface area contributed by atoms with Gasteiger partial charge in [-0.1, -0.05) is 42.0 Å². The van der Waals surface area contributed by atoms with Crippen molar-refractivity contribution in [3.63, 3.8) is 0 Å². The van der Waals surface area contributed by atoms with Crippen molar-refractivity contribution in [3.8, 4) is 5.69 Å². The SMILES string of the molecule is Cc1ccc(CN2CCN(N=Cc3c(C)nn(-c4ccccc4)c3C)CC2)c(C)c1. The molecule has 0 spiro atoms. The molecule has 5 heteroatoms. The minimum atomic E-state index is 0.951. The third-order valence-corrected chi connectivity index (χ3v) is 5.94. The molecule has 0 radical (unpaired) electrons. The van der Waals surface area contributed by atoms with Crippen LogP contribution in [0.3, 0.4) is 0 Å². The van der Waals surface area contributed by atoms with Gasteiger partial charge < -0.3 is 0 Å². The highest BCUT2D eigenvalue weighted by molar-refractivity contribution is 5.82. The minimum Gasteiger partial charge on any atom is -0.295 e. The van der Waals surface area contributed by atoms with Crippen LogP contribution in [0.5, 0.6) is 0 Å². The number of benzene rings is 2. The highest BCUT2D eigenvalue weighted by atomic mass is 15.5. The molecule has 0 atom stereocenters. The molecular weight excluding hydrogens is 370 g/mol. The monoisotopic (exact) mass is 401 g/mol. The highest BCUT2D eigenvalue weighted by Crippen LogP contribution is 2.17. The van der Waals surface area contributed by atoms with Crippen molar-refractivity contribution in [2.45, 2.75) is 34.2 Å². The lowest BCUT2D eigenvalue weighted by atomic mass is 10.1. The second-order valence-electron chi connectivity index (χ2n) is 8.24. The second kappa shape index (κ2) is 8.84. The lowest BCUT2D eigenvalue weighted by molar-refractivity contribution is 0.131. The van der Waals surface area contributed by atoms with Gasteiger partial charge in [0.1, 0.15) is 0 Å². The molecule has 0 saturated carbocycles. The number of hydrogen-bond donors (Lipinski definition) is 0. The summed E-state index contributed by atoms with van der Waals surface area (Å²) in [6, 6.07) is 17.0. The third-order valence-electron chi connectivity index (χ3n) is 5.94. The highest BCUT2D eigenvalue weighted by Gasteiger charge is 2.17. The number of aromatic nitrogens is 2. The van der Waals surface area contributed by atoms with Crippen molar-refractivity contribution in [1.82, 2.24) is 19.7 Å². The first-order chi connectivity index (χ1) is 14.5. The van der Waals surface area contributed by atoms with E-state index < -0.39 is 0 Å². The van der Waals surface area contributed by atoms with Crippen LogP contribution in [0.2, 0.25) is 0 Å². The van der Waals surface area contributed by atoms with Gasteiger partial charge in [-0.05, 0) is 51.0 Å². The molecule has 4 rings (SSSR count). The van der Waals surface area contributed by atoms with Crippen LogP contribution in [0.25, 0.3) is 5.69 Å². The number of nitrogens with zero attached hydrogens (tertiary/aromatic N) is 5. The Balaban J connectivity index is 1.38. The molecule has 1 aliphatic heterocycles. The van der Waals surface area contributed by atoms with Gasteiger partial charge in [0, 0.05) is 38.3 Å². The molecule has 1 aliphatic rings. The van der Waals surface area contributed by atoms with Crippen molar-refractivity contribution in [1.29, 1.82) is 0 Å². The van der Waals surface area contributed by atoms with E-state index in [1.807, 2.05) is 29.1 Å². The van der Waals surface area contributed by atoms with Crippen molar-refractivity contribution in [2.75, 3.05) is 26.2 Å². The lowest BCUT2D eigenvalue weighted by Crippen LogP contribution is -2.43. The fraction of sp³-hybridized carbons (Fsp3) is 0.360. The molecule has 2 aromatic carbocycles. The van der Waals surface area contributed by atoms with Crippen molar-refractivity contribution >= 4 is 6.21 Å². The predicted molar refractivity (Wildman–Crippen MR) is 123 cm³/mol. The fourth-order valence-electron chi connectivity index (χ4n) is 4.08. The van der Waals surface area contributed by atoms with Gasteiger partial charge in [0.25, 0.3) is 0 Å². The maximum atomic E-state index is 4.78. The summed E-state index contributed by atoms with van der Waals surface area (Å²) in [4.78, 5) is 2.52. The standard InChI is InChI=1S/C25H31N5/c1-19-10-11-23(20(2)16-19)18-28-12-14-29(15-13-28)26-17-25-21(3)27-30(22(25)4)24-8-6-5-7-9-24/h5-11,16-17H,12-15,18H2,1-4H3. The summed E-state index contributed by atoms with van der Waals surface area (Å²) in [6.45, 7) is 13.5. The Morgan fingerprint density at radius 3 is 2.37 bits per heavy atom. The molecule has 1 fully saturated rings. The molecule has 0 aliphatic carbocycles. The summed E-state index contributed by atoms with van der Waals surface area (Å²) in [5, 5.41) is 11.7. The van der Waals surface area contributed by atoms with Crippen LogP contribution >= 0.6 is 0 Å². The van der Waals surface area contributed by atoms with Crippen molar-refractivity contribution in [3.05, 3.63) is 82.2 Å². The van der Waals surface area contributed by atoms with Gasteiger partial charge in [-0.3, -0.25) is 9.91 Å². The number of piperazine rings is 1. The molecular formula is C25H31N5. The van der Waals surface area contributed by atoms with Gasteiger partial charge in [0.15, 0.2) is 0 Å². The Kier molecular flexibility index (Phi) is 6.00. The van der Waals surface area contributed by atoms with Crippen LogP contribution in [-0.2, 0) is 6.54 Å². The predicted octanol–water partition coefficient (Wildman–Crippen LogP) is 4.26. The number of aryl methyl sites for hydroxylation is 3. The summed E-state index contributed by atoms with van der Waals surface area (Å²) >= 11 is 0. The molecule has 5 nitrogen and oxygen atoms in total. The van der Waals surface area contributed by atoms with E-state index in [1.54, 1.807) is 0 Å². The number of rotatable bonds is 5. The number of hydrogen-bond acceptors (Lipinski definition) is 4. The molecule has 1 saturated heterocycles. The first-order valence-electron chi connectivity index (χ1n) is 10.7. The lowest BCUT2D eigenvalue weighted by Gasteiger charge is -2.33. The van der Waals surface area contributed by atoms with Gasteiger partial charge >= 0.3 is 0 Å². The quantitative estimate of drug-likeness (QED) is 0.600. The van der Waals surface area contributed by atoms with Gasteiger partial charge in [-0.2, -0.15) is 10.2 Å². The Morgan fingerprint density at radius 2 is 1.67 bits per heavy atom. The van der Waals surface area contributed by atoms with Gasteiger partial charge in [0.2, 0.25) is 0 Å². The molecule has 0 bridgehead atoms. The minimum absolute atomic E-state index is 0.951. The smallest absolute Gasteiger partial charge is 0.0689 e. The molecule has 30 heavy (non-hydrogen) atoms. The average molecular weight is 402 g/mol. The summed E-state index contributed by atoms with van der Waals surface area (Å²) in [5.41, 5.74) is 8.46. The van der Waals surface area contributed by atoms with E-state index in [0.717, 1.165) is 55.4 Å². The summed E-state index contributed by atoms with van der Waals surface area (Å²) in [6.07, 6.45) is 1.98. The Hall–Kier alpha value is -2.92. The molecule has 1 aromatic heterocycles.